The Morgan fingerprint density at radius 3 is 2.41 bits per heavy atom. The summed E-state index contributed by atoms with van der Waals surface area (Å²) in [4.78, 5) is 27.0. The molecular weight excluding hydrogens is 693 g/mol. The van der Waals surface area contributed by atoms with Crippen molar-refractivity contribution in [1.82, 2.24) is 10.2 Å². The van der Waals surface area contributed by atoms with Crippen molar-refractivity contribution in [3.63, 3.8) is 0 Å². The Morgan fingerprint density at radius 2 is 1.57 bits per heavy atom. The normalized spacial score (nSPS) is 19.9. The fourth-order valence-electron chi connectivity index (χ4n) is 9.53. The number of amides is 2. The molecule has 0 unspecified atom stereocenters. The molecule has 0 radical (unpaired) electrons. The number of rotatable bonds is 11. The summed E-state index contributed by atoms with van der Waals surface area (Å²) >= 11 is 0. The molecule has 1 fully saturated rings. The van der Waals surface area contributed by atoms with Gasteiger partial charge in [-0.25, -0.2) is 0 Å². The second-order valence-electron chi connectivity index (χ2n) is 15.9. The number of hydrogen-bond acceptors (Lipinski definition) is 4. The highest BCUT2D eigenvalue weighted by Crippen LogP contribution is 2.47. The third kappa shape index (κ3) is 7.05. The second kappa shape index (κ2) is 15.3. The first-order valence-corrected chi connectivity index (χ1v) is 20.2. The highest BCUT2D eigenvalue weighted by atomic mass is 16.5. The number of piperidine rings is 1. The van der Waals surface area contributed by atoms with E-state index in [9.17, 15) is 14.7 Å². The SMILES string of the molecule is C=C1NC(=O)CC[C@@H]1N1Cc2cc(-c3ccc4c(c3)C(CCCCCOc3ccc([C@H]5c6ccc(O)cc6CC[C@H]5c5ccccc5)cc3)=CC4)ccc2C1=O. The van der Waals surface area contributed by atoms with Crippen LogP contribution in [-0.2, 0) is 24.2 Å². The summed E-state index contributed by atoms with van der Waals surface area (Å²) in [6.07, 6.45) is 10.6. The summed E-state index contributed by atoms with van der Waals surface area (Å²) in [6, 6.07) is 38.2. The van der Waals surface area contributed by atoms with Crippen molar-refractivity contribution in [2.45, 2.75) is 82.2 Å². The number of aromatic hydroxyl groups is 1. The van der Waals surface area contributed by atoms with Crippen molar-refractivity contribution in [2.24, 2.45) is 0 Å². The Labute approximate surface area is 329 Å². The van der Waals surface area contributed by atoms with E-state index in [-0.39, 0.29) is 23.8 Å². The maximum absolute atomic E-state index is 13.3. The number of carbonyl (C=O) groups is 2. The summed E-state index contributed by atoms with van der Waals surface area (Å²) < 4.78 is 6.23. The lowest BCUT2D eigenvalue weighted by atomic mass is 9.69. The Balaban J connectivity index is 0.785. The largest absolute Gasteiger partial charge is 0.508 e. The number of phenolic OH excluding ortho intramolecular Hbond substituents is 1. The standard InChI is InChI=1S/C50H48N2O4/c1-32-47(25-26-48(54)51-32)52-31-40-28-37(17-23-45(40)50(52)55)38-14-13-35-12-11-34(46(35)30-38)10-6-3-7-27-56-42-20-15-36(16-21-42)49-43(33-8-4-2-5-9-33)22-18-39-29-41(53)19-24-44(39)49/h2,4-5,8-9,11,13-17,19-21,23-24,28-30,43,47,49,53H,1,3,6-7,10,12,18,22,25-27,31H2,(H,51,54)/t43-,47-,49+/m0/s1. The Bertz CT molecular complexity index is 2340. The fourth-order valence-corrected chi connectivity index (χ4v) is 9.53. The molecule has 4 aliphatic rings. The third-order valence-electron chi connectivity index (χ3n) is 12.4. The molecule has 56 heavy (non-hydrogen) atoms. The number of ether oxygens (including phenoxy) is 1. The van der Waals surface area contributed by atoms with Crippen molar-refractivity contribution in [3.8, 4) is 22.6 Å². The van der Waals surface area contributed by atoms with Crippen LogP contribution < -0.4 is 10.1 Å². The lowest BCUT2D eigenvalue weighted by Crippen LogP contribution is -2.45. The number of nitrogens with zero attached hydrogens (tertiary/aromatic N) is 1. The van der Waals surface area contributed by atoms with Crippen LogP contribution in [0.25, 0.3) is 16.7 Å². The number of phenols is 1. The molecule has 0 bridgehead atoms. The van der Waals surface area contributed by atoms with Crippen molar-refractivity contribution in [1.29, 1.82) is 0 Å². The molecule has 1 saturated heterocycles. The molecule has 0 spiro atoms. The molecule has 282 valence electrons. The highest BCUT2D eigenvalue weighted by molar-refractivity contribution is 5.99. The maximum atomic E-state index is 13.3. The first-order valence-electron chi connectivity index (χ1n) is 20.2. The van der Waals surface area contributed by atoms with Crippen LogP contribution in [0.2, 0.25) is 0 Å². The molecule has 5 aromatic carbocycles. The van der Waals surface area contributed by atoms with Gasteiger partial charge in [-0.3, -0.25) is 9.59 Å². The smallest absolute Gasteiger partial charge is 0.255 e. The van der Waals surface area contributed by atoms with E-state index in [0.29, 0.717) is 43.4 Å². The van der Waals surface area contributed by atoms with E-state index >= 15 is 0 Å². The molecule has 6 heteroatoms. The van der Waals surface area contributed by atoms with Crippen LogP contribution in [0.5, 0.6) is 11.5 Å². The Hall–Kier alpha value is -5.88. The number of unbranched alkanes of at least 4 members (excludes halogenated alkanes) is 2. The van der Waals surface area contributed by atoms with Crippen molar-refractivity contribution >= 4 is 17.4 Å². The molecule has 3 atom stereocenters. The highest BCUT2D eigenvalue weighted by Gasteiger charge is 2.37. The van der Waals surface area contributed by atoms with Gasteiger partial charge in [-0.1, -0.05) is 79.4 Å². The van der Waals surface area contributed by atoms with Gasteiger partial charge in [0.1, 0.15) is 11.5 Å². The van der Waals surface area contributed by atoms with E-state index in [1.807, 2.05) is 23.1 Å². The number of hydrogen-bond donors (Lipinski definition) is 2. The molecule has 0 saturated carbocycles. The molecule has 2 aliphatic carbocycles. The molecule has 2 amide bonds. The van der Waals surface area contributed by atoms with E-state index < -0.39 is 0 Å². The minimum atomic E-state index is -0.168. The lowest BCUT2D eigenvalue weighted by Gasteiger charge is -2.34. The molecule has 0 aromatic heterocycles. The monoisotopic (exact) mass is 740 g/mol. The van der Waals surface area contributed by atoms with Gasteiger partial charge >= 0.3 is 0 Å². The minimum Gasteiger partial charge on any atom is -0.508 e. The average molecular weight is 741 g/mol. The predicted molar refractivity (Wildman–Crippen MR) is 222 cm³/mol. The maximum Gasteiger partial charge on any atom is 0.255 e. The summed E-state index contributed by atoms with van der Waals surface area (Å²) in [5.74, 6) is 1.84. The quantitative estimate of drug-likeness (QED) is 0.132. The summed E-state index contributed by atoms with van der Waals surface area (Å²) in [5, 5.41) is 13.0. The zero-order valence-corrected chi connectivity index (χ0v) is 31.8. The van der Waals surface area contributed by atoms with Crippen LogP contribution in [0.1, 0.15) is 106 Å². The van der Waals surface area contributed by atoms with Gasteiger partial charge in [0.25, 0.3) is 5.91 Å². The van der Waals surface area contributed by atoms with Crippen LogP contribution in [-0.4, -0.2) is 34.5 Å². The molecule has 2 N–H and O–H groups in total. The van der Waals surface area contributed by atoms with Gasteiger partial charge in [-0.2, -0.15) is 0 Å². The van der Waals surface area contributed by atoms with Gasteiger partial charge in [-0.15, -0.1) is 0 Å². The molecule has 5 aromatic rings. The number of aryl methyl sites for hydroxylation is 1. The Kier molecular flexibility index (Phi) is 9.80. The number of nitrogens with one attached hydrogen (secondary N) is 1. The van der Waals surface area contributed by atoms with E-state index in [0.717, 1.165) is 67.4 Å². The topological polar surface area (TPSA) is 78.9 Å². The van der Waals surface area contributed by atoms with Crippen molar-refractivity contribution in [3.05, 3.63) is 172 Å². The van der Waals surface area contributed by atoms with E-state index in [2.05, 4.69) is 109 Å². The van der Waals surface area contributed by atoms with Gasteiger partial charge in [0.15, 0.2) is 0 Å². The zero-order valence-electron chi connectivity index (χ0n) is 31.8. The van der Waals surface area contributed by atoms with Crippen LogP contribution in [0.15, 0.2) is 128 Å². The first-order chi connectivity index (χ1) is 27.4. The Morgan fingerprint density at radius 1 is 0.750 bits per heavy atom. The van der Waals surface area contributed by atoms with E-state index in [1.54, 1.807) is 0 Å². The fraction of sp³-hybridized carbons (Fsp3) is 0.280. The predicted octanol–water partition coefficient (Wildman–Crippen LogP) is 10.2. The van der Waals surface area contributed by atoms with Crippen LogP contribution in [0.4, 0.5) is 0 Å². The third-order valence-corrected chi connectivity index (χ3v) is 12.4. The van der Waals surface area contributed by atoms with Gasteiger partial charge in [0, 0.05) is 30.1 Å². The van der Waals surface area contributed by atoms with E-state index in [1.165, 1.54) is 44.5 Å². The summed E-state index contributed by atoms with van der Waals surface area (Å²) in [6.45, 7) is 5.26. The van der Waals surface area contributed by atoms with Crippen LogP contribution in [0, 0.1) is 0 Å². The molecular formula is C50H48N2O4. The van der Waals surface area contributed by atoms with E-state index in [4.69, 9.17) is 4.74 Å². The zero-order chi connectivity index (χ0) is 38.2. The molecule has 2 aliphatic heterocycles. The van der Waals surface area contributed by atoms with Crippen LogP contribution in [0.3, 0.4) is 0 Å². The summed E-state index contributed by atoms with van der Waals surface area (Å²) in [7, 11) is 0. The molecule has 6 nitrogen and oxygen atoms in total. The van der Waals surface area contributed by atoms with Crippen LogP contribution >= 0.6 is 0 Å². The lowest BCUT2D eigenvalue weighted by molar-refractivity contribution is -0.121. The number of carbonyl (C=O) groups excluding carboxylic acids is 2. The molecule has 2 heterocycles. The number of allylic oxidation sites excluding steroid dienone is 2. The summed E-state index contributed by atoms with van der Waals surface area (Å²) in [5.41, 5.74) is 14.0. The van der Waals surface area contributed by atoms with Gasteiger partial charge in [0.05, 0.1) is 12.6 Å². The van der Waals surface area contributed by atoms with Crippen molar-refractivity contribution in [2.75, 3.05) is 6.61 Å². The minimum absolute atomic E-state index is 0.0119. The van der Waals surface area contributed by atoms with Gasteiger partial charge < -0.3 is 20.1 Å². The van der Waals surface area contributed by atoms with Gasteiger partial charge in [-0.05, 0) is 155 Å². The number of fused-ring (bicyclic) bond motifs is 3. The molecule has 9 rings (SSSR count). The first kappa shape index (κ1) is 35.8. The second-order valence-corrected chi connectivity index (χ2v) is 15.9. The average Bonchev–Trinajstić information content (AvgIpc) is 3.78. The number of benzene rings is 5. The van der Waals surface area contributed by atoms with Crippen molar-refractivity contribution < 1.29 is 19.4 Å². The van der Waals surface area contributed by atoms with Gasteiger partial charge in [0.2, 0.25) is 5.91 Å².